The molecule has 186 valence electrons. The number of nitrogens with one attached hydrogen (secondary N) is 2. The Bertz CT molecular complexity index is 1340. The van der Waals surface area contributed by atoms with Gasteiger partial charge in [0.2, 0.25) is 11.8 Å². The van der Waals surface area contributed by atoms with Crippen molar-refractivity contribution in [2.24, 2.45) is 5.92 Å². The van der Waals surface area contributed by atoms with E-state index in [1.54, 1.807) is 49.4 Å². The zero-order valence-electron chi connectivity index (χ0n) is 20.3. The number of fused-ring (bicyclic) bond motifs is 1. The van der Waals surface area contributed by atoms with Crippen LogP contribution in [0.5, 0.6) is 0 Å². The van der Waals surface area contributed by atoms with Gasteiger partial charge in [-0.05, 0) is 55.5 Å². The second-order valence-electron chi connectivity index (χ2n) is 8.96. The lowest BCUT2D eigenvalue weighted by atomic mass is 10.2. The molecule has 8 nitrogen and oxygen atoms in total. The van der Waals surface area contributed by atoms with Crippen LogP contribution in [0.15, 0.2) is 52.1 Å². The Balaban J connectivity index is 1.80. The van der Waals surface area contributed by atoms with Crippen molar-refractivity contribution >= 4 is 40.0 Å². The maximum absolute atomic E-state index is 13.3. The van der Waals surface area contributed by atoms with Crippen molar-refractivity contribution in [1.29, 1.82) is 0 Å². The molecule has 35 heavy (non-hydrogen) atoms. The van der Waals surface area contributed by atoms with Crippen LogP contribution in [0, 0.1) is 12.8 Å². The number of benzene rings is 2. The topological polar surface area (TPSA) is 102 Å². The second-order valence-corrected chi connectivity index (χ2v) is 9.37. The number of anilines is 1. The molecule has 0 atom stereocenters. The third-order valence-electron chi connectivity index (χ3n) is 5.72. The summed E-state index contributed by atoms with van der Waals surface area (Å²) in [5, 5.41) is 6.53. The summed E-state index contributed by atoms with van der Waals surface area (Å²) >= 11 is 6.14. The predicted molar refractivity (Wildman–Crippen MR) is 139 cm³/mol. The SMILES string of the molecule is Cc1c(Cl)cccc1NC(=O)Cn1c(=O)n(CCCCC(=O)NCC(C)C)c(=O)c2ccccc21. The lowest BCUT2D eigenvalue weighted by Crippen LogP contribution is -2.41. The number of hydrogen-bond acceptors (Lipinski definition) is 4. The van der Waals surface area contributed by atoms with Crippen molar-refractivity contribution in [2.75, 3.05) is 11.9 Å². The monoisotopic (exact) mass is 498 g/mol. The average Bonchev–Trinajstić information content (AvgIpc) is 2.82. The van der Waals surface area contributed by atoms with Crippen LogP contribution >= 0.6 is 11.6 Å². The number of amides is 2. The van der Waals surface area contributed by atoms with E-state index in [-0.39, 0.29) is 19.0 Å². The molecule has 2 N–H and O–H groups in total. The van der Waals surface area contributed by atoms with Crippen molar-refractivity contribution in [1.82, 2.24) is 14.5 Å². The summed E-state index contributed by atoms with van der Waals surface area (Å²) in [7, 11) is 0. The fourth-order valence-electron chi connectivity index (χ4n) is 3.76. The van der Waals surface area contributed by atoms with E-state index in [2.05, 4.69) is 10.6 Å². The van der Waals surface area contributed by atoms with Gasteiger partial charge in [-0.15, -0.1) is 0 Å². The van der Waals surface area contributed by atoms with Crippen molar-refractivity contribution < 1.29 is 9.59 Å². The molecule has 0 aliphatic rings. The van der Waals surface area contributed by atoms with Gasteiger partial charge in [-0.2, -0.15) is 0 Å². The Morgan fingerprint density at radius 3 is 2.46 bits per heavy atom. The minimum atomic E-state index is -0.559. The third-order valence-corrected chi connectivity index (χ3v) is 6.13. The molecule has 0 bridgehead atoms. The molecule has 1 heterocycles. The van der Waals surface area contributed by atoms with Gasteiger partial charge in [0, 0.05) is 30.2 Å². The number of unbranched alkanes of at least 4 members (excludes halogenated alkanes) is 1. The third kappa shape index (κ3) is 6.60. The summed E-state index contributed by atoms with van der Waals surface area (Å²) in [6.45, 7) is 6.35. The molecule has 0 radical (unpaired) electrons. The van der Waals surface area contributed by atoms with E-state index < -0.39 is 17.2 Å². The van der Waals surface area contributed by atoms with E-state index in [1.165, 1.54) is 4.57 Å². The van der Waals surface area contributed by atoms with Gasteiger partial charge in [-0.3, -0.25) is 23.5 Å². The molecule has 3 aromatic rings. The molecule has 0 aliphatic carbocycles. The Morgan fingerprint density at radius 2 is 1.71 bits per heavy atom. The summed E-state index contributed by atoms with van der Waals surface area (Å²) in [6.07, 6.45) is 1.35. The fourth-order valence-corrected chi connectivity index (χ4v) is 3.93. The molecule has 2 aromatic carbocycles. The zero-order valence-corrected chi connectivity index (χ0v) is 21.0. The van der Waals surface area contributed by atoms with Crippen LogP contribution in [0.2, 0.25) is 5.02 Å². The number of nitrogens with zero attached hydrogens (tertiary/aromatic N) is 2. The van der Waals surface area contributed by atoms with Crippen molar-refractivity contribution in [2.45, 2.75) is 53.1 Å². The normalized spacial score (nSPS) is 11.1. The summed E-state index contributed by atoms with van der Waals surface area (Å²) in [4.78, 5) is 51.1. The highest BCUT2D eigenvalue weighted by molar-refractivity contribution is 6.31. The summed E-state index contributed by atoms with van der Waals surface area (Å²) < 4.78 is 2.45. The van der Waals surface area contributed by atoms with Gasteiger partial charge < -0.3 is 10.6 Å². The van der Waals surface area contributed by atoms with Gasteiger partial charge in [0.15, 0.2) is 0 Å². The van der Waals surface area contributed by atoms with E-state index in [0.717, 1.165) is 10.1 Å². The smallest absolute Gasteiger partial charge is 0.331 e. The van der Waals surface area contributed by atoms with Gasteiger partial charge in [0.1, 0.15) is 6.54 Å². The second kappa shape index (κ2) is 11.8. The number of halogens is 1. The maximum atomic E-state index is 13.3. The van der Waals surface area contributed by atoms with Gasteiger partial charge in [0.05, 0.1) is 10.9 Å². The molecule has 0 saturated heterocycles. The largest absolute Gasteiger partial charge is 0.356 e. The molecule has 0 saturated carbocycles. The van der Waals surface area contributed by atoms with Gasteiger partial charge in [-0.25, -0.2) is 4.79 Å². The van der Waals surface area contributed by atoms with Gasteiger partial charge in [-0.1, -0.05) is 43.6 Å². The van der Waals surface area contributed by atoms with E-state index in [0.29, 0.717) is 53.3 Å². The Labute approximate surface area is 208 Å². The van der Waals surface area contributed by atoms with E-state index >= 15 is 0 Å². The van der Waals surface area contributed by atoms with Crippen LogP contribution in [0.1, 0.15) is 38.7 Å². The summed E-state index contributed by atoms with van der Waals surface area (Å²) in [5.74, 6) is -0.0850. The molecule has 2 amide bonds. The van der Waals surface area contributed by atoms with Crippen LogP contribution in [0.4, 0.5) is 5.69 Å². The number of para-hydroxylation sites is 1. The molecule has 0 spiro atoms. The molecule has 0 fully saturated rings. The Morgan fingerprint density at radius 1 is 0.971 bits per heavy atom. The molecule has 9 heteroatoms. The average molecular weight is 499 g/mol. The van der Waals surface area contributed by atoms with E-state index in [1.807, 2.05) is 13.8 Å². The lowest BCUT2D eigenvalue weighted by Gasteiger charge is -2.15. The van der Waals surface area contributed by atoms with Crippen LogP contribution in [-0.4, -0.2) is 27.5 Å². The number of rotatable bonds is 10. The fraction of sp³-hybridized carbons (Fsp3) is 0.385. The van der Waals surface area contributed by atoms with Crippen molar-refractivity contribution in [3.8, 4) is 0 Å². The van der Waals surface area contributed by atoms with Crippen LogP contribution in [0.25, 0.3) is 10.9 Å². The zero-order chi connectivity index (χ0) is 25.5. The number of carbonyl (C=O) groups is 2. The first-order chi connectivity index (χ1) is 16.7. The van der Waals surface area contributed by atoms with E-state index in [4.69, 9.17) is 11.6 Å². The molecule has 0 unspecified atom stereocenters. The van der Waals surface area contributed by atoms with Crippen LogP contribution in [0.3, 0.4) is 0 Å². The molecule has 0 aliphatic heterocycles. The van der Waals surface area contributed by atoms with Crippen molar-refractivity contribution in [3.05, 3.63) is 73.9 Å². The number of aromatic nitrogens is 2. The molecular weight excluding hydrogens is 468 g/mol. The first-order valence-electron chi connectivity index (χ1n) is 11.7. The van der Waals surface area contributed by atoms with Crippen LogP contribution in [-0.2, 0) is 22.7 Å². The first-order valence-corrected chi connectivity index (χ1v) is 12.1. The van der Waals surface area contributed by atoms with Crippen molar-refractivity contribution in [3.63, 3.8) is 0 Å². The Hall–Kier alpha value is -3.39. The standard InChI is InChI=1S/C26H31ClN4O4/c1-17(2)15-28-23(32)13-6-7-14-30-25(34)19-9-4-5-12-22(19)31(26(30)35)16-24(33)29-21-11-8-10-20(27)18(21)3/h4-5,8-12,17H,6-7,13-16H2,1-3H3,(H,28,32)(H,29,33). The molecule has 3 rings (SSSR count). The first kappa shape index (κ1) is 26.2. The highest BCUT2D eigenvalue weighted by Gasteiger charge is 2.16. The maximum Gasteiger partial charge on any atom is 0.331 e. The summed E-state index contributed by atoms with van der Waals surface area (Å²) in [6, 6.07) is 11.9. The molecular formula is C26H31ClN4O4. The quantitative estimate of drug-likeness (QED) is 0.416. The minimum Gasteiger partial charge on any atom is -0.356 e. The Kier molecular flexibility index (Phi) is 8.87. The molecule has 1 aromatic heterocycles. The number of hydrogen-bond donors (Lipinski definition) is 2. The van der Waals surface area contributed by atoms with E-state index in [9.17, 15) is 19.2 Å². The highest BCUT2D eigenvalue weighted by Crippen LogP contribution is 2.23. The number of carbonyl (C=O) groups excluding carboxylic acids is 2. The summed E-state index contributed by atoms with van der Waals surface area (Å²) in [5.41, 5.74) is 0.712. The predicted octanol–water partition coefficient (Wildman–Crippen LogP) is 3.71. The van der Waals surface area contributed by atoms with Crippen LogP contribution < -0.4 is 21.9 Å². The van der Waals surface area contributed by atoms with Gasteiger partial charge >= 0.3 is 5.69 Å². The minimum absolute atomic E-state index is 0.0463. The van der Waals surface area contributed by atoms with Gasteiger partial charge in [0.25, 0.3) is 5.56 Å². The highest BCUT2D eigenvalue weighted by atomic mass is 35.5. The lowest BCUT2D eigenvalue weighted by molar-refractivity contribution is -0.121.